The molecule has 0 radical (unpaired) electrons. The highest BCUT2D eigenvalue weighted by atomic mass is 16.3. The molecular formula is C21H28N4O2. The quantitative estimate of drug-likeness (QED) is 0.844. The lowest BCUT2D eigenvalue weighted by Crippen LogP contribution is -2.35. The van der Waals surface area contributed by atoms with Crippen LogP contribution >= 0.6 is 0 Å². The van der Waals surface area contributed by atoms with Crippen molar-refractivity contribution in [3.63, 3.8) is 0 Å². The molecule has 27 heavy (non-hydrogen) atoms. The van der Waals surface area contributed by atoms with Gasteiger partial charge in [0, 0.05) is 18.7 Å². The first-order valence-corrected chi connectivity index (χ1v) is 9.64. The van der Waals surface area contributed by atoms with Crippen molar-refractivity contribution < 1.29 is 9.21 Å². The van der Waals surface area contributed by atoms with Crippen molar-refractivity contribution in [2.75, 3.05) is 25.0 Å². The number of nitrogens with one attached hydrogen (secondary N) is 1. The van der Waals surface area contributed by atoms with Gasteiger partial charge in [-0.2, -0.15) is 5.26 Å². The van der Waals surface area contributed by atoms with Crippen LogP contribution in [0.4, 0.5) is 5.82 Å². The Labute approximate surface area is 160 Å². The Morgan fingerprint density at radius 3 is 2.74 bits per heavy atom. The minimum absolute atomic E-state index is 0.0525. The third-order valence-electron chi connectivity index (χ3n) is 5.62. The molecule has 1 amide bonds. The van der Waals surface area contributed by atoms with Gasteiger partial charge in [-0.15, -0.1) is 0 Å². The van der Waals surface area contributed by atoms with Crippen LogP contribution in [0.25, 0.3) is 0 Å². The standard InChI is InChI=1S/C21H28N4O2/c1-15-6-9-24(10-7-15)11-8-20(26)23-21-19(13-22)16(2)17(3)25(21)14-18-5-4-12-27-18/h4-5,12,15H,6-11,14H2,1-3H3,(H,23,26). The van der Waals surface area contributed by atoms with E-state index in [4.69, 9.17) is 4.42 Å². The number of rotatable bonds is 6. The van der Waals surface area contributed by atoms with Gasteiger partial charge in [-0.3, -0.25) is 4.79 Å². The second-order valence-corrected chi connectivity index (χ2v) is 7.53. The van der Waals surface area contributed by atoms with Crippen molar-refractivity contribution in [1.29, 1.82) is 5.26 Å². The van der Waals surface area contributed by atoms with Crippen LogP contribution in [0.15, 0.2) is 22.8 Å². The number of anilines is 1. The Hall–Kier alpha value is -2.52. The average molecular weight is 368 g/mol. The van der Waals surface area contributed by atoms with Crippen LogP contribution in [0.5, 0.6) is 0 Å². The molecule has 3 rings (SSSR count). The molecule has 2 aromatic heterocycles. The van der Waals surface area contributed by atoms with E-state index < -0.39 is 0 Å². The second-order valence-electron chi connectivity index (χ2n) is 7.53. The summed E-state index contributed by atoms with van der Waals surface area (Å²) in [7, 11) is 0. The number of carbonyl (C=O) groups excluding carboxylic acids is 1. The molecule has 3 heterocycles. The highest BCUT2D eigenvalue weighted by molar-refractivity contribution is 5.92. The van der Waals surface area contributed by atoms with Gasteiger partial charge >= 0.3 is 0 Å². The molecule has 6 nitrogen and oxygen atoms in total. The normalized spacial score (nSPS) is 15.6. The van der Waals surface area contributed by atoms with Crippen molar-refractivity contribution in [2.24, 2.45) is 5.92 Å². The lowest BCUT2D eigenvalue weighted by molar-refractivity contribution is -0.116. The highest BCUT2D eigenvalue weighted by Crippen LogP contribution is 2.27. The van der Waals surface area contributed by atoms with Crippen LogP contribution in [-0.2, 0) is 11.3 Å². The van der Waals surface area contributed by atoms with Crippen molar-refractivity contribution in [2.45, 2.75) is 46.6 Å². The zero-order chi connectivity index (χ0) is 19.4. The van der Waals surface area contributed by atoms with E-state index in [0.717, 1.165) is 42.6 Å². The third kappa shape index (κ3) is 4.42. The molecule has 0 aliphatic carbocycles. The second kappa shape index (κ2) is 8.45. The molecule has 144 valence electrons. The van der Waals surface area contributed by atoms with E-state index in [1.54, 1.807) is 6.26 Å². The van der Waals surface area contributed by atoms with Crippen LogP contribution in [0.2, 0.25) is 0 Å². The van der Waals surface area contributed by atoms with E-state index in [-0.39, 0.29) is 5.91 Å². The topological polar surface area (TPSA) is 74.2 Å². The van der Waals surface area contributed by atoms with Crippen LogP contribution in [0.3, 0.4) is 0 Å². The zero-order valence-corrected chi connectivity index (χ0v) is 16.4. The Morgan fingerprint density at radius 2 is 2.11 bits per heavy atom. The number of aromatic nitrogens is 1. The fourth-order valence-electron chi connectivity index (χ4n) is 3.63. The third-order valence-corrected chi connectivity index (χ3v) is 5.62. The smallest absolute Gasteiger partial charge is 0.226 e. The molecule has 1 saturated heterocycles. The monoisotopic (exact) mass is 368 g/mol. The van der Waals surface area contributed by atoms with Crippen molar-refractivity contribution in [3.05, 3.63) is 41.0 Å². The summed E-state index contributed by atoms with van der Waals surface area (Å²) in [5.74, 6) is 2.09. The van der Waals surface area contributed by atoms with Gasteiger partial charge in [0.25, 0.3) is 0 Å². The zero-order valence-electron chi connectivity index (χ0n) is 16.4. The number of amides is 1. The fourth-order valence-corrected chi connectivity index (χ4v) is 3.63. The Morgan fingerprint density at radius 1 is 1.37 bits per heavy atom. The summed E-state index contributed by atoms with van der Waals surface area (Å²) < 4.78 is 7.40. The summed E-state index contributed by atoms with van der Waals surface area (Å²) in [6.07, 6.45) is 4.46. The molecular weight excluding hydrogens is 340 g/mol. The maximum Gasteiger partial charge on any atom is 0.226 e. The summed E-state index contributed by atoms with van der Waals surface area (Å²) in [5, 5.41) is 12.6. The molecule has 6 heteroatoms. The summed E-state index contributed by atoms with van der Waals surface area (Å²) >= 11 is 0. The van der Waals surface area contributed by atoms with Gasteiger partial charge in [-0.1, -0.05) is 6.92 Å². The molecule has 0 atom stereocenters. The molecule has 0 bridgehead atoms. The minimum atomic E-state index is -0.0525. The van der Waals surface area contributed by atoms with Crippen LogP contribution in [0, 0.1) is 31.1 Å². The van der Waals surface area contributed by atoms with E-state index in [2.05, 4.69) is 23.2 Å². The van der Waals surface area contributed by atoms with Gasteiger partial charge in [0.2, 0.25) is 5.91 Å². The number of piperidine rings is 1. The molecule has 0 saturated carbocycles. The van der Waals surface area contributed by atoms with Crippen LogP contribution < -0.4 is 5.32 Å². The number of nitriles is 1. The minimum Gasteiger partial charge on any atom is -0.467 e. The van der Waals surface area contributed by atoms with E-state index in [1.165, 1.54) is 12.8 Å². The fraction of sp³-hybridized carbons (Fsp3) is 0.524. The average Bonchev–Trinajstić information content (AvgIpc) is 3.24. The van der Waals surface area contributed by atoms with Crippen molar-refractivity contribution in [1.82, 2.24) is 9.47 Å². The summed E-state index contributed by atoms with van der Waals surface area (Å²) in [4.78, 5) is 14.9. The molecule has 0 spiro atoms. The van der Waals surface area contributed by atoms with Gasteiger partial charge < -0.3 is 19.2 Å². The Balaban J connectivity index is 1.70. The first-order chi connectivity index (χ1) is 13.0. The lowest BCUT2D eigenvalue weighted by atomic mass is 9.99. The van der Waals surface area contributed by atoms with Crippen LogP contribution in [-0.4, -0.2) is 35.0 Å². The Bertz CT molecular complexity index is 821. The summed E-state index contributed by atoms with van der Waals surface area (Å²) in [6.45, 7) is 9.53. The molecule has 1 aliphatic rings. The molecule has 1 N–H and O–H groups in total. The number of likely N-dealkylation sites (tertiary alicyclic amines) is 1. The maximum absolute atomic E-state index is 12.6. The van der Waals surface area contributed by atoms with Crippen LogP contribution in [0.1, 0.15) is 48.8 Å². The maximum atomic E-state index is 12.6. The van der Waals surface area contributed by atoms with Gasteiger partial charge in [0.15, 0.2) is 0 Å². The van der Waals surface area contributed by atoms with Crippen molar-refractivity contribution in [3.8, 4) is 6.07 Å². The SMILES string of the molecule is Cc1c(C#N)c(NC(=O)CCN2CCC(C)CC2)n(Cc2ccco2)c1C. The molecule has 2 aromatic rings. The predicted octanol–water partition coefficient (Wildman–Crippen LogP) is 3.68. The molecule has 0 aromatic carbocycles. The highest BCUT2D eigenvalue weighted by Gasteiger charge is 2.21. The number of hydrogen-bond acceptors (Lipinski definition) is 4. The van der Waals surface area contributed by atoms with Gasteiger partial charge in [0.05, 0.1) is 18.4 Å². The summed E-state index contributed by atoms with van der Waals surface area (Å²) in [5.41, 5.74) is 2.38. The lowest BCUT2D eigenvalue weighted by Gasteiger charge is -2.29. The number of furan rings is 1. The molecule has 1 aliphatic heterocycles. The number of carbonyl (C=O) groups is 1. The largest absolute Gasteiger partial charge is 0.467 e. The van der Waals surface area contributed by atoms with E-state index in [0.29, 0.717) is 24.3 Å². The van der Waals surface area contributed by atoms with Crippen molar-refractivity contribution >= 4 is 11.7 Å². The van der Waals surface area contributed by atoms with Gasteiger partial charge in [-0.25, -0.2) is 0 Å². The van der Waals surface area contributed by atoms with Gasteiger partial charge in [0.1, 0.15) is 17.6 Å². The summed E-state index contributed by atoms with van der Waals surface area (Å²) in [6, 6.07) is 5.97. The number of hydrogen-bond donors (Lipinski definition) is 1. The molecule has 0 unspecified atom stereocenters. The van der Waals surface area contributed by atoms with Gasteiger partial charge in [-0.05, 0) is 63.4 Å². The first kappa shape index (κ1) is 19.2. The predicted molar refractivity (Wildman–Crippen MR) is 105 cm³/mol. The Kier molecular flexibility index (Phi) is 6.02. The number of nitrogens with zero attached hydrogens (tertiary/aromatic N) is 3. The van der Waals surface area contributed by atoms with E-state index >= 15 is 0 Å². The van der Waals surface area contributed by atoms with E-state index in [9.17, 15) is 10.1 Å². The van der Waals surface area contributed by atoms with E-state index in [1.807, 2.05) is 30.5 Å². The molecule has 1 fully saturated rings. The first-order valence-electron chi connectivity index (χ1n) is 9.64.